The second-order valence-corrected chi connectivity index (χ2v) is 30.1. The Hall–Kier alpha value is -8.29. The Kier molecular flexibility index (Phi) is 18.9. The van der Waals surface area contributed by atoms with Crippen LogP contribution in [0.4, 0.5) is 39.9 Å². The van der Waals surface area contributed by atoms with E-state index in [0.717, 1.165) is 88.4 Å². The van der Waals surface area contributed by atoms with E-state index >= 15 is 0 Å². The summed E-state index contributed by atoms with van der Waals surface area (Å²) in [4.78, 5) is 74.3. The van der Waals surface area contributed by atoms with Gasteiger partial charge >= 0.3 is 0 Å². The molecule has 8 aromatic rings. The first-order valence-corrected chi connectivity index (χ1v) is 36.1. The molecule has 8 heterocycles. The number of aromatic nitrogens is 7. The Labute approximate surface area is 556 Å². The van der Waals surface area contributed by atoms with Gasteiger partial charge in [-0.25, -0.2) is 46.7 Å². The van der Waals surface area contributed by atoms with Crippen molar-refractivity contribution in [3.8, 4) is 0 Å². The third-order valence-corrected chi connectivity index (χ3v) is 19.9. The minimum Gasteiger partial charge on any atom is -0.384 e. The summed E-state index contributed by atoms with van der Waals surface area (Å²) in [7, 11) is -1.72. The van der Waals surface area contributed by atoms with Gasteiger partial charge in [0.15, 0.2) is 19.7 Å². The van der Waals surface area contributed by atoms with E-state index < -0.39 is 19.7 Å². The Bertz CT molecular complexity index is 4510. The van der Waals surface area contributed by atoms with Crippen LogP contribution in [0, 0.1) is 27.7 Å². The Morgan fingerprint density at radius 3 is 1.26 bits per heavy atom. The van der Waals surface area contributed by atoms with Crippen LogP contribution in [0.15, 0.2) is 99.6 Å². The van der Waals surface area contributed by atoms with Crippen LogP contribution < -0.4 is 21.7 Å². The summed E-state index contributed by atoms with van der Waals surface area (Å²) in [6.45, 7) is 8.77. The van der Waals surface area contributed by atoms with E-state index in [9.17, 15) is 31.2 Å². The molecule has 3 aliphatic carbocycles. The third-order valence-electron chi connectivity index (χ3n) is 16.5. The molecule has 5 aromatic heterocycles. The van der Waals surface area contributed by atoms with Gasteiger partial charge in [0.05, 0.1) is 103 Å². The summed E-state index contributed by atoms with van der Waals surface area (Å²) in [6.07, 6.45) is 11.9. The molecule has 3 aromatic carbocycles. The minimum atomic E-state index is -3.48. The summed E-state index contributed by atoms with van der Waals surface area (Å²) >= 11 is 14.0. The third kappa shape index (κ3) is 15.5. The number of halogens is 2. The average Bonchev–Trinajstić information content (AvgIpc) is 1.73. The van der Waals surface area contributed by atoms with Crippen molar-refractivity contribution in [2.75, 3.05) is 61.6 Å². The molecule has 0 spiro atoms. The van der Waals surface area contributed by atoms with E-state index in [1.807, 2.05) is 52.0 Å². The van der Waals surface area contributed by atoms with Crippen molar-refractivity contribution in [3.05, 3.63) is 180 Å². The maximum absolute atomic E-state index is 12.9. The predicted octanol–water partition coefficient (Wildman–Crippen LogP) is 12.4. The molecule has 484 valence electrons. The van der Waals surface area contributed by atoms with Crippen LogP contribution in [0.2, 0.25) is 10.3 Å². The number of hydrogen-bond donors (Lipinski definition) is 4. The lowest BCUT2D eigenvalue weighted by Gasteiger charge is -2.16. The van der Waals surface area contributed by atoms with Crippen LogP contribution in [-0.4, -0.2) is 124 Å². The zero-order chi connectivity index (χ0) is 66.5. The second-order valence-electron chi connectivity index (χ2n) is 24.5. The lowest BCUT2D eigenvalue weighted by Crippen LogP contribution is -2.18. The molecule has 14 rings (SSSR count). The molecule has 0 saturated heterocycles. The standard InChI is InChI=1S/C25H27N5O3S.C18H18ClN3O3S.C18H18ClN3OS.C6H9N3/c1-14-9-18(27-15(2)26-14)11-19-12-21(24-22(28-19)13-30(3)25(24)31)29-20-8-7-17(16-5-6-16)10-23(20)34(4,32)33;1-22-9-14-17(18(22)23)13(8-16(19)21-14)20-12-6-5-11(10-3-4-10)7-15(12)26(2,24)25;1-22-9-14-17(18(22)23)13(8-16(19)21-14)20-12-6-5-11(10-3-4-10)7-15(12)24-2;1-4-3-6(7)9-5(2)8-4/h7-10,12,16H,5-6,11,13H2,1-4H3,(H,28,29);5-8,10H,3-4,9H2,1-2H3,(H,20,21);5-8,10H,3-4,9H2,1-2H3,(H,20,21);3H,1-2H3,(H2,7,8,9). The predicted molar refractivity (Wildman–Crippen MR) is 363 cm³/mol. The van der Waals surface area contributed by atoms with E-state index in [4.69, 9.17) is 33.9 Å². The lowest BCUT2D eigenvalue weighted by atomic mass is 10.1. The summed E-state index contributed by atoms with van der Waals surface area (Å²) in [5.41, 5.74) is 19.4. The number of nitrogen functional groups attached to an aromatic ring is 1. The van der Waals surface area contributed by atoms with E-state index in [0.29, 0.717) is 106 Å². The van der Waals surface area contributed by atoms with Gasteiger partial charge in [-0.05, 0) is 168 Å². The second kappa shape index (κ2) is 26.6. The van der Waals surface area contributed by atoms with Gasteiger partial charge in [0.2, 0.25) is 0 Å². The Balaban J connectivity index is 0.000000135. The highest BCUT2D eigenvalue weighted by molar-refractivity contribution is 7.98. The van der Waals surface area contributed by atoms with Crippen LogP contribution in [0.3, 0.4) is 0 Å². The van der Waals surface area contributed by atoms with Crippen LogP contribution in [0.25, 0.3) is 0 Å². The maximum atomic E-state index is 12.9. The molecule has 93 heavy (non-hydrogen) atoms. The number of nitrogens with one attached hydrogen (secondary N) is 3. The number of nitrogens with two attached hydrogens (primary N) is 1. The van der Waals surface area contributed by atoms with Crippen LogP contribution in [0.5, 0.6) is 0 Å². The monoisotopic (exact) mass is 1350 g/mol. The number of anilines is 7. The number of benzene rings is 3. The van der Waals surface area contributed by atoms with Gasteiger partial charge in [-0.3, -0.25) is 19.4 Å². The SMILES string of the molecule is CN1Cc2nc(Cl)cc(Nc3ccc(C4CC4)cc3S(C)(=O)=O)c2C1=O.CSc1cc(C2CC2)ccc1Nc1cc(Cl)nc2c1C(=O)N(C)C2.Cc1cc(Cc2cc(Nc3ccc(C4CC4)cc3S(C)(=O)=O)c3c(n2)CN(C)C3=O)nc(C)n1.Cc1cc(N)nc(C)n1. The van der Waals surface area contributed by atoms with Crippen LogP contribution in [-0.2, 0) is 45.7 Å². The highest BCUT2D eigenvalue weighted by atomic mass is 35.5. The zero-order valence-electron chi connectivity index (χ0n) is 53.3. The smallest absolute Gasteiger partial charge is 0.257 e. The molecule has 3 fully saturated rings. The van der Waals surface area contributed by atoms with Gasteiger partial charge in [-0.2, -0.15) is 0 Å². The number of pyridine rings is 3. The van der Waals surface area contributed by atoms with Crippen molar-refractivity contribution in [1.82, 2.24) is 49.6 Å². The van der Waals surface area contributed by atoms with Gasteiger partial charge in [0.25, 0.3) is 17.7 Å². The quantitative estimate of drug-likeness (QED) is 0.0581. The number of carbonyl (C=O) groups excluding carboxylic acids is 3. The van der Waals surface area contributed by atoms with Crippen molar-refractivity contribution in [2.24, 2.45) is 0 Å². The summed E-state index contributed by atoms with van der Waals surface area (Å²) in [5.74, 6) is 3.24. The van der Waals surface area contributed by atoms with E-state index in [1.165, 1.54) is 35.8 Å². The molecule has 0 radical (unpaired) electrons. The maximum Gasteiger partial charge on any atom is 0.257 e. The number of thioether (sulfide) groups is 1. The molecule has 0 bridgehead atoms. The number of amides is 3. The number of aryl methyl sites for hydroxylation is 4. The zero-order valence-corrected chi connectivity index (χ0v) is 57.2. The Morgan fingerprint density at radius 2 is 0.860 bits per heavy atom. The van der Waals surface area contributed by atoms with Crippen LogP contribution >= 0.6 is 35.0 Å². The topological polar surface area (TPSA) is 282 Å². The van der Waals surface area contributed by atoms with Crippen molar-refractivity contribution in [2.45, 2.75) is 125 Å². The summed E-state index contributed by atoms with van der Waals surface area (Å²) < 4.78 is 49.8. The molecule has 0 unspecified atom stereocenters. The minimum absolute atomic E-state index is 0.0167. The molecular weight excluding hydrogens is 1280 g/mol. The number of hydrogen-bond acceptors (Lipinski definition) is 19. The van der Waals surface area contributed by atoms with Crippen LogP contribution in [0.1, 0.15) is 156 Å². The molecule has 3 aliphatic heterocycles. The molecule has 5 N–H and O–H groups in total. The molecule has 0 atom stereocenters. The molecule has 26 heteroatoms. The first-order chi connectivity index (χ1) is 44.1. The molecule has 6 aliphatic rings. The first kappa shape index (κ1) is 66.2. The summed E-state index contributed by atoms with van der Waals surface area (Å²) in [6, 6.07) is 26.3. The molecule has 3 saturated carbocycles. The normalized spacial score (nSPS) is 15.5. The van der Waals surface area contributed by atoms with Gasteiger partial charge < -0.3 is 36.4 Å². The first-order valence-electron chi connectivity index (χ1n) is 30.3. The van der Waals surface area contributed by atoms with Crippen molar-refractivity contribution in [3.63, 3.8) is 0 Å². The molecule has 3 amide bonds. The molecular formula is C67H72Cl2N14O7S3. The number of carbonyl (C=O) groups is 3. The summed E-state index contributed by atoms with van der Waals surface area (Å²) in [5, 5.41) is 10.4. The Morgan fingerprint density at radius 1 is 0.484 bits per heavy atom. The average molecular weight is 1350 g/mol. The van der Waals surface area contributed by atoms with E-state index in [-0.39, 0.29) is 32.7 Å². The highest BCUT2D eigenvalue weighted by Gasteiger charge is 2.35. The largest absolute Gasteiger partial charge is 0.384 e. The van der Waals surface area contributed by atoms with Gasteiger partial charge in [-0.1, -0.05) is 41.4 Å². The lowest BCUT2D eigenvalue weighted by molar-refractivity contribution is 0.0809. The van der Waals surface area contributed by atoms with Crippen molar-refractivity contribution < 1.29 is 31.2 Å². The van der Waals surface area contributed by atoms with E-state index in [1.54, 1.807) is 90.1 Å². The number of sulfone groups is 2. The molecule has 21 nitrogen and oxygen atoms in total. The van der Waals surface area contributed by atoms with Crippen molar-refractivity contribution >= 4 is 112 Å². The van der Waals surface area contributed by atoms with E-state index in [2.05, 4.69) is 70.3 Å². The fraction of sp³-hybridized carbons (Fsp3) is 0.343. The fourth-order valence-corrected chi connectivity index (χ4v) is 14.4. The van der Waals surface area contributed by atoms with Gasteiger partial charge in [0.1, 0.15) is 27.8 Å². The number of rotatable bonds is 14. The van der Waals surface area contributed by atoms with Gasteiger partial charge in [0, 0.05) is 68.1 Å². The van der Waals surface area contributed by atoms with Gasteiger partial charge in [-0.15, -0.1) is 11.8 Å². The highest BCUT2D eigenvalue weighted by Crippen LogP contribution is 2.46. The fourth-order valence-electron chi connectivity index (χ4n) is 11.7. The van der Waals surface area contributed by atoms with Crippen molar-refractivity contribution in [1.29, 1.82) is 0 Å². The number of nitrogens with zero attached hydrogens (tertiary/aromatic N) is 10. The number of fused-ring (bicyclic) bond motifs is 3.